The SMILES string of the molecule is Cl.NC1C2CCC(C2)C1C(=O)NCC1CSCCS1. The maximum Gasteiger partial charge on any atom is 0.225 e. The lowest BCUT2D eigenvalue weighted by Gasteiger charge is -2.28. The van der Waals surface area contributed by atoms with Crippen LogP contribution >= 0.6 is 35.9 Å². The summed E-state index contributed by atoms with van der Waals surface area (Å²) in [5, 5.41) is 3.76. The summed E-state index contributed by atoms with van der Waals surface area (Å²) in [6, 6.07) is 0.122. The molecule has 3 aliphatic rings. The van der Waals surface area contributed by atoms with Gasteiger partial charge in [0.25, 0.3) is 0 Å². The molecule has 1 saturated heterocycles. The van der Waals surface area contributed by atoms with Crippen LogP contribution in [0.15, 0.2) is 0 Å². The molecule has 0 aromatic rings. The molecular weight excluding hydrogens is 300 g/mol. The summed E-state index contributed by atoms with van der Waals surface area (Å²) in [5.41, 5.74) is 6.20. The molecule has 0 spiro atoms. The minimum Gasteiger partial charge on any atom is -0.355 e. The van der Waals surface area contributed by atoms with E-state index >= 15 is 0 Å². The summed E-state index contributed by atoms with van der Waals surface area (Å²) in [7, 11) is 0. The van der Waals surface area contributed by atoms with Crippen LogP contribution in [0.25, 0.3) is 0 Å². The fourth-order valence-corrected chi connectivity index (χ4v) is 6.32. The Labute approximate surface area is 130 Å². The summed E-state index contributed by atoms with van der Waals surface area (Å²) in [6.45, 7) is 0.830. The molecule has 0 aromatic carbocycles. The lowest BCUT2D eigenvalue weighted by molar-refractivity contribution is -0.126. The minimum atomic E-state index is 0. The number of nitrogens with one attached hydrogen (secondary N) is 1. The second-order valence-corrected chi connectivity index (χ2v) is 8.31. The van der Waals surface area contributed by atoms with E-state index in [1.807, 2.05) is 23.5 Å². The summed E-state index contributed by atoms with van der Waals surface area (Å²) < 4.78 is 0. The van der Waals surface area contributed by atoms with Gasteiger partial charge in [-0.25, -0.2) is 0 Å². The van der Waals surface area contributed by atoms with Crippen molar-refractivity contribution in [1.82, 2.24) is 5.32 Å². The van der Waals surface area contributed by atoms with Gasteiger partial charge in [-0.15, -0.1) is 12.4 Å². The number of carbonyl (C=O) groups is 1. The molecule has 110 valence electrons. The van der Waals surface area contributed by atoms with E-state index in [0.717, 1.165) is 6.54 Å². The average Bonchev–Trinajstić information content (AvgIpc) is 2.98. The summed E-state index contributed by atoms with van der Waals surface area (Å²) in [4.78, 5) is 12.3. The Morgan fingerprint density at radius 2 is 2.05 bits per heavy atom. The van der Waals surface area contributed by atoms with E-state index in [9.17, 15) is 4.79 Å². The molecule has 3 nitrogen and oxygen atoms in total. The van der Waals surface area contributed by atoms with Gasteiger partial charge in [0.05, 0.1) is 5.92 Å². The Kier molecular flexibility index (Phi) is 5.76. The van der Waals surface area contributed by atoms with Crippen molar-refractivity contribution in [3.05, 3.63) is 0 Å². The van der Waals surface area contributed by atoms with Crippen molar-refractivity contribution in [3.8, 4) is 0 Å². The van der Waals surface area contributed by atoms with Crippen LogP contribution in [-0.4, -0.2) is 41.0 Å². The largest absolute Gasteiger partial charge is 0.355 e. The van der Waals surface area contributed by atoms with Crippen molar-refractivity contribution in [3.63, 3.8) is 0 Å². The number of rotatable bonds is 3. The molecule has 3 N–H and O–H groups in total. The Balaban J connectivity index is 0.00000133. The van der Waals surface area contributed by atoms with Crippen molar-refractivity contribution in [2.24, 2.45) is 23.5 Å². The number of halogens is 1. The molecule has 0 radical (unpaired) electrons. The normalized spacial score (nSPS) is 40.8. The number of hydrogen-bond acceptors (Lipinski definition) is 4. The number of fused-ring (bicyclic) bond motifs is 2. The van der Waals surface area contributed by atoms with Crippen LogP contribution in [0.1, 0.15) is 19.3 Å². The number of carbonyl (C=O) groups excluding carboxylic acids is 1. The first kappa shape index (κ1) is 15.8. The molecule has 0 aromatic heterocycles. The molecule has 5 unspecified atom stereocenters. The third-order valence-corrected chi connectivity index (χ3v) is 7.52. The van der Waals surface area contributed by atoms with Gasteiger partial charge in [-0.2, -0.15) is 23.5 Å². The van der Waals surface area contributed by atoms with Crippen LogP contribution in [0.2, 0.25) is 0 Å². The molecule has 19 heavy (non-hydrogen) atoms. The zero-order chi connectivity index (χ0) is 12.5. The maximum absolute atomic E-state index is 12.3. The topological polar surface area (TPSA) is 55.1 Å². The second-order valence-electron chi connectivity index (χ2n) is 5.75. The summed E-state index contributed by atoms with van der Waals surface area (Å²) >= 11 is 4.00. The highest BCUT2D eigenvalue weighted by Gasteiger charge is 2.48. The molecule has 2 aliphatic carbocycles. The number of amides is 1. The van der Waals surface area contributed by atoms with Crippen molar-refractivity contribution in [1.29, 1.82) is 0 Å². The predicted octanol–water partition coefficient (Wildman–Crippen LogP) is 1.75. The fourth-order valence-electron chi connectivity index (χ4n) is 3.71. The van der Waals surface area contributed by atoms with Crippen LogP contribution in [0.4, 0.5) is 0 Å². The van der Waals surface area contributed by atoms with Crippen LogP contribution < -0.4 is 11.1 Å². The highest BCUT2D eigenvalue weighted by molar-refractivity contribution is 8.06. The molecule has 5 atom stereocenters. The maximum atomic E-state index is 12.3. The standard InChI is InChI=1S/C13H22N2OS2.ClH/c14-12-9-2-1-8(5-9)11(12)13(16)15-6-10-7-17-3-4-18-10;/h8-12H,1-7,14H2,(H,15,16);1H. The van der Waals surface area contributed by atoms with Crippen LogP contribution in [-0.2, 0) is 4.79 Å². The molecule has 2 bridgehead atoms. The quantitative estimate of drug-likeness (QED) is 0.831. The number of nitrogens with two attached hydrogens (primary N) is 1. The third kappa shape index (κ3) is 3.36. The second kappa shape index (κ2) is 6.92. The highest BCUT2D eigenvalue weighted by atomic mass is 35.5. The fraction of sp³-hybridized carbons (Fsp3) is 0.923. The van der Waals surface area contributed by atoms with Gasteiger partial charge in [0.15, 0.2) is 0 Å². The van der Waals surface area contributed by atoms with Crippen LogP contribution in [0, 0.1) is 17.8 Å². The van der Waals surface area contributed by atoms with Crippen molar-refractivity contribution < 1.29 is 4.79 Å². The zero-order valence-electron chi connectivity index (χ0n) is 11.0. The third-order valence-electron chi connectivity index (χ3n) is 4.67. The molecule has 1 amide bonds. The first-order chi connectivity index (χ1) is 8.75. The van der Waals surface area contributed by atoms with E-state index in [2.05, 4.69) is 5.32 Å². The smallest absolute Gasteiger partial charge is 0.225 e. The van der Waals surface area contributed by atoms with E-state index in [-0.39, 0.29) is 30.3 Å². The predicted molar refractivity (Wildman–Crippen MR) is 86.1 cm³/mol. The van der Waals surface area contributed by atoms with E-state index in [0.29, 0.717) is 17.1 Å². The van der Waals surface area contributed by atoms with Crippen LogP contribution in [0.5, 0.6) is 0 Å². The monoisotopic (exact) mass is 322 g/mol. The zero-order valence-corrected chi connectivity index (χ0v) is 13.5. The Morgan fingerprint density at radius 3 is 2.68 bits per heavy atom. The van der Waals surface area contributed by atoms with Crippen LogP contribution in [0.3, 0.4) is 0 Å². The molecule has 1 aliphatic heterocycles. The van der Waals surface area contributed by atoms with Gasteiger partial charge in [0.2, 0.25) is 5.91 Å². The van der Waals surface area contributed by atoms with Gasteiger partial charge in [0, 0.05) is 35.1 Å². The molecule has 6 heteroatoms. The molecule has 1 heterocycles. The highest BCUT2D eigenvalue weighted by Crippen LogP contribution is 2.47. The minimum absolute atomic E-state index is 0. The first-order valence-electron chi connectivity index (χ1n) is 6.98. The Morgan fingerprint density at radius 1 is 1.26 bits per heavy atom. The molecule has 3 fully saturated rings. The van der Waals surface area contributed by atoms with Crippen molar-refractivity contribution in [2.45, 2.75) is 30.6 Å². The summed E-state index contributed by atoms with van der Waals surface area (Å²) in [6.07, 6.45) is 3.64. The van der Waals surface area contributed by atoms with E-state index in [4.69, 9.17) is 5.73 Å². The average molecular weight is 323 g/mol. The lowest BCUT2D eigenvalue weighted by atomic mass is 9.84. The number of hydrogen-bond donors (Lipinski definition) is 2. The Hall–Kier alpha value is 0.420. The van der Waals surface area contributed by atoms with E-state index in [1.54, 1.807) is 0 Å². The van der Waals surface area contributed by atoms with E-state index < -0.39 is 0 Å². The van der Waals surface area contributed by atoms with Gasteiger partial charge >= 0.3 is 0 Å². The summed E-state index contributed by atoms with van der Waals surface area (Å²) in [5.74, 6) is 5.17. The van der Waals surface area contributed by atoms with Gasteiger partial charge in [-0.3, -0.25) is 4.79 Å². The van der Waals surface area contributed by atoms with E-state index in [1.165, 1.54) is 36.5 Å². The van der Waals surface area contributed by atoms with Gasteiger partial charge in [-0.05, 0) is 31.1 Å². The van der Waals surface area contributed by atoms with Crippen molar-refractivity contribution in [2.75, 3.05) is 23.8 Å². The van der Waals surface area contributed by atoms with Gasteiger partial charge < -0.3 is 11.1 Å². The van der Waals surface area contributed by atoms with Gasteiger partial charge in [-0.1, -0.05) is 0 Å². The molecule has 2 saturated carbocycles. The van der Waals surface area contributed by atoms with Gasteiger partial charge in [0.1, 0.15) is 0 Å². The Bertz CT molecular complexity index is 324. The van der Waals surface area contributed by atoms with Crippen molar-refractivity contribution >= 4 is 41.8 Å². The molecular formula is C13H23ClN2OS2. The molecule has 3 rings (SSSR count). The first-order valence-corrected chi connectivity index (χ1v) is 9.18. The lowest BCUT2D eigenvalue weighted by Crippen LogP contribution is -2.47. The number of thioether (sulfide) groups is 2.